The molecule has 0 aromatic carbocycles. The first kappa shape index (κ1) is 9.67. The van der Waals surface area contributed by atoms with Crippen LogP contribution >= 0.6 is 12.4 Å². The van der Waals surface area contributed by atoms with Gasteiger partial charge in [0, 0.05) is 11.8 Å². The van der Waals surface area contributed by atoms with Crippen LogP contribution in [0.2, 0.25) is 0 Å². The Labute approximate surface area is 80.4 Å². The fourth-order valence-corrected chi connectivity index (χ4v) is 0.938. The lowest BCUT2D eigenvalue weighted by Gasteiger charge is -1.93. The summed E-state index contributed by atoms with van der Waals surface area (Å²) in [5.41, 5.74) is 1.57. The number of aromatic amines is 1. The molecule has 2 heterocycles. The number of aromatic nitrogens is 3. The third kappa shape index (κ3) is 2.03. The zero-order valence-electron chi connectivity index (χ0n) is 6.57. The molecule has 0 spiro atoms. The van der Waals surface area contributed by atoms with Crippen molar-refractivity contribution in [3.63, 3.8) is 0 Å². The second-order valence-corrected chi connectivity index (χ2v) is 2.35. The number of nitrogens with one attached hydrogen (secondary N) is 1. The van der Waals surface area contributed by atoms with E-state index in [1.807, 2.05) is 0 Å². The highest BCUT2D eigenvalue weighted by molar-refractivity contribution is 5.85. The van der Waals surface area contributed by atoms with Gasteiger partial charge in [-0.2, -0.15) is 5.10 Å². The fraction of sp³-hybridized carbons (Fsp3) is 0. The van der Waals surface area contributed by atoms with Crippen LogP contribution < -0.4 is 0 Å². The van der Waals surface area contributed by atoms with E-state index in [9.17, 15) is 4.39 Å². The Morgan fingerprint density at radius 2 is 2.08 bits per heavy atom. The molecule has 0 aliphatic rings. The molecule has 0 aliphatic heterocycles. The van der Waals surface area contributed by atoms with E-state index in [1.54, 1.807) is 18.5 Å². The zero-order chi connectivity index (χ0) is 8.39. The predicted molar refractivity (Wildman–Crippen MR) is 49.0 cm³/mol. The van der Waals surface area contributed by atoms with Gasteiger partial charge in [0.25, 0.3) is 0 Å². The Balaban J connectivity index is 0.000000845. The molecule has 0 unspecified atom stereocenters. The third-order valence-corrected chi connectivity index (χ3v) is 1.52. The molecule has 2 aromatic rings. The average Bonchev–Trinajstić information content (AvgIpc) is 2.58. The predicted octanol–water partition coefficient (Wildman–Crippen LogP) is 2.03. The molecule has 5 heteroatoms. The molecule has 0 amide bonds. The van der Waals surface area contributed by atoms with Gasteiger partial charge in [-0.05, 0) is 12.1 Å². The maximum Gasteiger partial charge on any atom is 0.141 e. The Morgan fingerprint density at radius 3 is 2.62 bits per heavy atom. The summed E-state index contributed by atoms with van der Waals surface area (Å²) in [5, 5.41) is 6.42. The maximum atomic E-state index is 12.4. The smallest absolute Gasteiger partial charge is 0.141 e. The quantitative estimate of drug-likeness (QED) is 0.764. The highest BCUT2D eigenvalue weighted by Crippen LogP contribution is 2.13. The Kier molecular flexibility index (Phi) is 2.97. The van der Waals surface area contributed by atoms with Crippen LogP contribution in [0.5, 0.6) is 0 Å². The molecule has 13 heavy (non-hydrogen) atoms. The van der Waals surface area contributed by atoms with Crippen LogP contribution in [0.15, 0.2) is 30.7 Å². The standard InChI is InChI=1S/C8H6FN3.ClH/c9-7-1-2-8(10-5-7)6-3-11-12-4-6;/h1-5H,(H,11,12);1H. The summed E-state index contributed by atoms with van der Waals surface area (Å²) >= 11 is 0. The highest BCUT2D eigenvalue weighted by atomic mass is 35.5. The molecule has 0 saturated carbocycles. The van der Waals surface area contributed by atoms with Crippen molar-refractivity contribution >= 4 is 12.4 Å². The van der Waals surface area contributed by atoms with Gasteiger partial charge >= 0.3 is 0 Å². The van der Waals surface area contributed by atoms with Gasteiger partial charge in [-0.15, -0.1) is 12.4 Å². The largest absolute Gasteiger partial charge is 0.285 e. The number of rotatable bonds is 1. The molecule has 0 bridgehead atoms. The van der Waals surface area contributed by atoms with Crippen LogP contribution in [0, 0.1) is 5.82 Å². The first-order valence-electron chi connectivity index (χ1n) is 3.47. The Morgan fingerprint density at radius 1 is 1.23 bits per heavy atom. The molecular formula is C8H7ClFN3. The van der Waals surface area contributed by atoms with Gasteiger partial charge < -0.3 is 0 Å². The Hall–Kier alpha value is -1.42. The van der Waals surface area contributed by atoms with Crippen molar-refractivity contribution in [2.75, 3.05) is 0 Å². The summed E-state index contributed by atoms with van der Waals surface area (Å²) in [5.74, 6) is -0.331. The van der Waals surface area contributed by atoms with Crippen molar-refractivity contribution in [3.05, 3.63) is 36.5 Å². The average molecular weight is 200 g/mol. The molecule has 0 saturated heterocycles. The first-order valence-corrected chi connectivity index (χ1v) is 3.47. The molecule has 2 aromatic heterocycles. The molecule has 0 fully saturated rings. The SMILES string of the molecule is Cl.Fc1ccc(-c2cn[nH]c2)nc1. The van der Waals surface area contributed by atoms with Crippen LogP contribution in [0.4, 0.5) is 4.39 Å². The van der Waals surface area contributed by atoms with Gasteiger partial charge in [0.1, 0.15) is 5.82 Å². The normalized spacial score (nSPS) is 9.31. The summed E-state index contributed by atoms with van der Waals surface area (Å²) in [4.78, 5) is 3.89. The van der Waals surface area contributed by atoms with E-state index in [2.05, 4.69) is 15.2 Å². The molecule has 3 nitrogen and oxygen atoms in total. The Bertz CT molecular complexity index is 357. The van der Waals surface area contributed by atoms with Crippen LogP contribution in [-0.2, 0) is 0 Å². The first-order chi connectivity index (χ1) is 5.86. The fourth-order valence-electron chi connectivity index (χ4n) is 0.938. The van der Waals surface area contributed by atoms with Gasteiger partial charge in [0.05, 0.1) is 18.1 Å². The van der Waals surface area contributed by atoms with Crippen LogP contribution in [0.3, 0.4) is 0 Å². The van der Waals surface area contributed by atoms with Crippen molar-refractivity contribution in [1.82, 2.24) is 15.2 Å². The van der Waals surface area contributed by atoms with E-state index in [0.717, 1.165) is 5.56 Å². The van der Waals surface area contributed by atoms with Crippen LogP contribution in [-0.4, -0.2) is 15.2 Å². The molecule has 1 N–H and O–H groups in total. The summed E-state index contributed by atoms with van der Waals surface area (Å²) in [7, 11) is 0. The summed E-state index contributed by atoms with van der Waals surface area (Å²) in [6, 6.07) is 2.98. The minimum absolute atomic E-state index is 0. The number of H-pyrrole nitrogens is 1. The summed E-state index contributed by atoms with van der Waals surface area (Å²) in [6.07, 6.45) is 4.53. The number of hydrogen-bond donors (Lipinski definition) is 1. The van der Waals surface area contributed by atoms with E-state index in [4.69, 9.17) is 0 Å². The van der Waals surface area contributed by atoms with Gasteiger partial charge in [-0.3, -0.25) is 10.1 Å². The number of halogens is 2. The van der Waals surface area contributed by atoms with Crippen LogP contribution in [0.25, 0.3) is 11.3 Å². The second kappa shape index (κ2) is 4.00. The second-order valence-electron chi connectivity index (χ2n) is 2.35. The van der Waals surface area contributed by atoms with Crippen LogP contribution in [0.1, 0.15) is 0 Å². The van der Waals surface area contributed by atoms with E-state index in [0.29, 0.717) is 5.69 Å². The molecule has 0 atom stereocenters. The summed E-state index contributed by atoms with van der Waals surface area (Å²) in [6.45, 7) is 0. The van der Waals surface area contributed by atoms with Gasteiger partial charge in [0.15, 0.2) is 0 Å². The minimum atomic E-state index is -0.331. The molecule has 0 radical (unpaired) electrons. The molecule has 0 aliphatic carbocycles. The third-order valence-electron chi connectivity index (χ3n) is 1.52. The van der Waals surface area contributed by atoms with E-state index in [-0.39, 0.29) is 18.2 Å². The van der Waals surface area contributed by atoms with Crippen molar-refractivity contribution in [1.29, 1.82) is 0 Å². The zero-order valence-corrected chi connectivity index (χ0v) is 7.38. The lowest BCUT2D eigenvalue weighted by molar-refractivity contribution is 0.622. The molecular weight excluding hydrogens is 193 g/mol. The monoisotopic (exact) mass is 199 g/mol. The molecule has 68 valence electrons. The van der Waals surface area contributed by atoms with E-state index in [1.165, 1.54) is 12.3 Å². The molecule has 2 rings (SSSR count). The number of nitrogens with zero attached hydrogens (tertiary/aromatic N) is 2. The van der Waals surface area contributed by atoms with Gasteiger partial charge in [-0.1, -0.05) is 0 Å². The highest BCUT2D eigenvalue weighted by Gasteiger charge is 1.98. The van der Waals surface area contributed by atoms with Crippen molar-refractivity contribution in [2.45, 2.75) is 0 Å². The maximum absolute atomic E-state index is 12.4. The lowest BCUT2D eigenvalue weighted by atomic mass is 10.2. The van der Waals surface area contributed by atoms with Gasteiger partial charge in [-0.25, -0.2) is 4.39 Å². The number of hydrogen-bond acceptors (Lipinski definition) is 2. The minimum Gasteiger partial charge on any atom is -0.285 e. The van der Waals surface area contributed by atoms with E-state index < -0.39 is 0 Å². The van der Waals surface area contributed by atoms with Gasteiger partial charge in [0.2, 0.25) is 0 Å². The van der Waals surface area contributed by atoms with Crippen molar-refractivity contribution in [2.24, 2.45) is 0 Å². The van der Waals surface area contributed by atoms with E-state index >= 15 is 0 Å². The number of pyridine rings is 1. The van der Waals surface area contributed by atoms with Crippen molar-refractivity contribution in [3.8, 4) is 11.3 Å². The topological polar surface area (TPSA) is 41.6 Å². The lowest BCUT2D eigenvalue weighted by Crippen LogP contribution is -1.81. The van der Waals surface area contributed by atoms with Crippen molar-refractivity contribution < 1.29 is 4.39 Å². The summed E-state index contributed by atoms with van der Waals surface area (Å²) < 4.78 is 12.4.